The zero-order chi connectivity index (χ0) is 7.72. The summed E-state index contributed by atoms with van der Waals surface area (Å²) in [5, 5.41) is 9.98. The van der Waals surface area contributed by atoms with Crippen molar-refractivity contribution in [3.05, 3.63) is 11.6 Å². The molecule has 0 heterocycles. The van der Waals surface area contributed by atoms with E-state index in [1.807, 2.05) is 0 Å². The smallest absolute Gasteiger partial charge is 0.109 e. The van der Waals surface area contributed by atoms with Crippen LogP contribution in [-0.2, 0) is 4.79 Å². The highest BCUT2D eigenvalue weighted by atomic mass is 35.5. The van der Waals surface area contributed by atoms with E-state index in [0.29, 0.717) is 6.42 Å². The summed E-state index contributed by atoms with van der Waals surface area (Å²) < 4.78 is 0. The number of rotatable bonds is 1. The molecule has 10 heavy (non-hydrogen) atoms. The molecule has 0 aromatic carbocycles. The molecule has 3 N–H and O–H groups in total. The van der Waals surface area contributed by atoms with Gasteiger partial charge in [0.15, 0.2) is 0 Å². The topological polar surface area (TPSA) is 67.8 Å². The second-order valence-electron chi connectivity index (χ2n) is 2.39. The first kappa shape index (κ1) is 7.57. The van der Waals surface area contributed by atoms with Crippen molar-refractivity contribution < 1.29 is 15.6 Å². The number of carbonyl (C=O) groups excluding carboxylic acids is 1. The summed E-state index contributed by atoms with van der Waals surface area (Å²) in [6.07, 6.45) is 1.92. The van der Waals surface area contributed by atoms with Gasteiger partial charge < -0.3 is 15.6 Å². The van der Waals surface area contributed by atoms with Gasteiger partial charge in [0, 0.05) is 6.42 Å². The van der Waals surface area contributed by atoms with Crippen LogP contribution in [0.25, 0.3) is 0 Å². The molecular formula is C6H8ClNO2. The molecule has 4 heteroatoms. The lowest BCUT2D eigenvalue weighted by molar-refractivity contribution is -0.415. The predicted octanol–water partition coefficient (Wildman–Crippen LogP) is -1.72. The monoisotopic (exact) mass is 161 g/mol. The number of carboxylic acids is 1. The van der Waals surface area contributed by atoms with Crippen LogP contribution in [-0.4, -0.2) is 17.4 Å². The van der Waals surface area contributed by atoms with Crippen LogP contribution in [0.3, 0.4) is 0 Å². The number of hydrogen-bond acceptors (Lipinski definition) is 2. The standard InChI is InChI=1S/C6H8ClNO2/c7-4-1-3(6(9)10)2-5(4)8/h1,4-5H,2,8H2,(H,9,10)/t4-,5+/m1/s1. The van der Waals surface area contributed by atoms with Crippen LogP contribution in [0.2, 0.25) is 0 Å². The van der Waals surface area contributed by atoms with E-state index >= 15 is 0 Å². The van der Waals surface area contributed by atoms with Gasteiger partial charge in [-0.05, 0) is 5.57 Å². The summed E-state index contributed by atoms with van der Waals surface area (Å²) in [6, 6.07) is -0.0189. The Bertz CT molecular complexity index is 190. The maximum absolute atomic E-state index is 10.2. The van der Waals surface area contributed by atoms with Crippen LogP contribution in [0.1, 0.15) is 6.42 Å². The minimum Gasteiger partial charge on any atom is -0.545 e. The third kappa shape index (κ3) is 1.30. The van der Waals surface area contributed by atoms with Crippen molar-refractivity contribution in [2.75, 3.05) is 0 Å². The Morgan fingerprint density at radius 1 is 1.90 bits per heavy atom. The van der Waals surface area contributed by atoms with Crippen molar-refractivity contribution in [3.63, 3.8) is 0 Å². The van der Waals surface area contributed by atoms with Crippen molar-refractivity contribution in [1.29, 1.82) is 0 Å². The molecule has 0 aromatic heterocycles. The van der Waals surface area contributed by atoms with Crippen molar-refractivity contribution in [3.8, 4) is 0 Å². The van der Waals surface area contributed by atoms with Gasteiger partial charge in [0.1, 0.15) is 11.4 Å². The van der Waals surface area contributed by atoms with Crippen molar-refractivity contribution in [2.45, 2.75) is 17.8 Å². The quantitative estimate of drug-likeness (QED) is 0.465. The highest BCUT2D eigenvalue weighted by molar-refractivity contribution is 6.23. The Labute approximate surface area is 63.5 Å². The third-order valence-electron chi connectivity index (χ3n) is 1.56. The number of alkyl halides is 1. The maximum Gasteiger partial charge on any atom is 0.109 e. The SMILES string of the molecule is [NH3+][C@H]1CC(C(=O)[O-])=C[C@H]1Cl. The fraction of sp³-hybridized carbons (Fsp3) is 0.500. The van der Waals surface area contributed by atoms with Gasteiger partial charge in [0.25, 0.3) is 0 Å². The van der Waals surface area contributed by atoms with E-state index in [1.165, 1.54) is 6.08 Å². The first-order chi connectivity index (χ1) is 4.61. The van der Waals surface area contributed by atoms with Crippen LogP contribution >= 0.6 is 11.6 Å². The average molecular weight is 162 g/mol. The summed E-state index contributed by atoms with van der Waals surface area (Å²) >= 11 is 5.67. The van der Waals surface area contributed by atoms with Gasteiger partial charge in [0.05, 0.1) is 5.97 Å². The lowest BCUT2D eigenvalue weighted by atomic mass is 10.2. The number of halogens is 1. The van der Waals surface area contributed by atoms with Gasteiger partial charge in [-0.15, -0.1) is 11.6 Å². The van der Waals surface area contributed by atoms with Crippen LogP contribution in [0.4, 0.5) is 0 Å². The first-order valence-electron chi connectivity index (χ1n) is 3.00. The maximum atomic E-state index is 10.2. The molecule has 0 aliphatic heterocycles. The van der Waals surface area contributed by atoms with Gasteiger partial charge in [-0.3, -0.25) is 0 Å². The number of aliphatic carboxylic acids is 1. The fourth-order valence-electron chi connectivity index (χ4n) is 0.943. The molecule has 0 radical (unpaired) electrons. The van der Waals surface area contributed by atoms with E-state index in [2.05, 4.69) is 5.73 Å². The minimum absolute atomic E-state index is 0.0189. The van der Waals surface area contributed by atoms with Crippen molar-refractivity contribution >= 4 is 17.6 Å². The zero-order valence-electron chi connectivity index (χ0n) is 5.34. The second-order valence-corrected chi connectivity index (χ2v) is 2.89. The average Bonchev–Trinajstić information content (AvgIpc) is 2.13. The van der Waals surface area contributed by atoms with Gasteiger partial charge in [-0.2, -0.15) is 0 Å². The van der Waals surface area contributed by atoms with Gasteiger partial charge in [-0.25, -0.2) is 0 Å². The molecule has 0 aromatic rings. The van der Waals surface area contributed by atoms with E-state index < -0.39 is 5.97 Å². The van der Waals surface area contributed by atoms with E-state index in [4.69, 9.17) is 11.6 Å². The van der Waals surface area contributed by atoms with E-state index in [0.717, 1.165) is 0 Å². The zero-order valence-corrected chi connectivity index (χ0v) is 6.10. The van der Waals surface area contributed by atoms with Crippen molar-refractivity contribution in [2.24, 2.45) is 0 Å². The van der Waals surface area contributed by atoms with Gasteiger partial charge >= 0.3 is 0 Å². The van der Waals surface area contributed by atoms with E-state index in [1.54, 1.807) is 0 Å². The van der Waals surface area contributed by atoms with Crippen LogP contribution in [0.5, 0.6) is 0 Å². The van der Waals surface area contributed by atoms with E-state index in [-0.39, 0.29) is 17.0 Å². The summed E-state index contributed by atoms with van der Waals surface area (Å²) in [7, 11) is 0. The molecule has 56 valence electrons. The summed E-state index contributed by atoms with van der Waals surface area (Å²) in [4.78, 5) is 10.2. The van der Waals surface area contributed by atoms with Crippen LogP contribution in [0, 0.1) is 0 Å². The molecule has 0 unspecified atom stereocenters. The summed E-state index contributed by atoms with van der Waals surface area (Å²) in [5.41, 5.74) is 3.95. The van der Waals surface area contributed by atoms with Gasteiger partial charge in [-0.1, -0.05) is 6.08 Å². The Morgan fingerprint density at radius 2 is 2.50 bits per heavy atom. The molecule has 1 aliphatic carbocycles. The number of quaternary nitrogens is 1. The third-order valence-corrected chi connectivity index (χ3v) is 2.04. The molecule has 0 spiro atoms. The molecule has 2 atom stereocenters. The fourth-order valence-corrected chi connectivity index (χ4v) is 1.18. The highest BCUT2D eigenvalue weighted by Crippen LogP contribution is 2.19. The Balaban J connectivity index is 2.67. The lowest BCUT2D eigenvalue weighted by Crippen LogP contribution is -2.63. The molecule has 0 bridgehead atoms. The predicted molar refractivity (Wildman–Crippen MR) is 34.0 cm³/mol. The molecule has 1 aliphatic rings. The molecule has 0 fully saturated rings. The Hall–Kier alpha value is -0.540. The molecule has 0 saturated carbocycles. The van der Waals surface area contributed by atoms with Gasteiger partial charge in [0.2, 0.25) is 0 Å². The number of carbonyl (C=O) groups is 1. The molecule has 0 amide bonds. The van der Waals surface area contributed by atoms with Crippen molar-refractivity contribution in [1.82, 2.24) is 0 Å². The second kappa shape index (κ2) is 2.60. The molecule has 1 rings (SSSR count). The molecule has 0 saturated heterocycles. The Kier molecular flexibility index (Phi) is 1.97. The Morgan fingerprint density at radius 3 is 2.70 bits per heavy atom. The van der Waals surface area contributed by atoms with Crippen LogP contribution < -0.4 is 10.8 Å². The minimum atomic E-state index is -1.13. The molecular weight excluding hydrogens is 154 g/mol. The number of carboxylic acid groups (broad SMARTS) is 1. The van der Waals surface area contributed by atoms with Crippen LogP contribution in [0.15, 0.2) is 11.6 Å². The largest absolute Gasteiger partial charge is 0.545 e. The molecule has 3 nitrogen and oxygen atoms in total. The highest BCUT2D eigenvalue weighted by Gasteiger charge is 2.25. The normalized spacial score (nSPS) is 32.0. The first-order valence-corrected chi connectivity index (χ1v) is 3.44. The summed E-state index contributed by atoms with van der Waals surface area (Å²) in [5.74, 6) is -1.13. The summed E-state index contributed by atoms with van der Waals surface area (Å²) in [6.45, 7) is 0. The van der Waals surface area contributed by atoms with E-state index in [9.17, 15) is 9.90 Å². The lowest BCUT2D eigenvalue weighted by Gasteiger charge is -2.02. The number of hydrogen-bond donors (Lipinski definition) is 1.